The predicted molar refractivity (Wildman–Crippen MR) is 29.4 cm³/mol. The molecular weight excluding hydrogens is 226 g/mol. The summed E-state index contributed by atoms with van der Waals surface area (Å²) in [5.41, 5.74) is -3.36. The molecule has 0 unspecified atom stereocenters. The largest absolute Gasteiger partial charge is 0.475 e. The Labute approximate surface area is 73.0 Å². The number of rotatable bonds is 3. The zero-order valence-corrected chi connectivity index (χ0v) is 6.36. The van der Waals surface area contributed by atoms with E-state index in [-0.39, 0.29) is 0 Å². The maximum atomic E-state index is 11.9. The Hall–Kier alpha value is -0.630. The fourth-order valence-electron chi connectivity index (χ4n) is 0.247. The van der Waals surface area contributed by atoms with E-state index in [4.69, 9.17) is 5.11 Å². The molecule has 78 valence electrons. The molecule has 0 bridgehead atoms. The molecule has 0 aliphatic carbocycles. The minimum Gasteiger partial charge on any atom is -0.475 e. The molecule has 13 heavy (non-hydrogen) atoms. The third kappa shape index (κ3) is 3.73. The van der Waals surface area contributed by atoms with E-state index in [2.05, 4.69) is 16.3 Å². The van der Waals surface area contributed by atoms with Gasteiger partial charge in [-0.25, -0.2) is 4.79 Å². The van der Waals surface area contributed by atoms with Crippen LogP contribution < -0.4 is 0 Å². The minimum atomic E-state index is -5.25. The van der Waals surface area contributed by atoms with Crippen molar-refractivity contribution in [2.75, 3.05) is 0 Å². The molecule has 0 fully saturated rings. The number of carboxylic acid groups (broad SMARTS) is 1. The topological polar surface area (TPSA) is 46.5 Å². The monoisotopic (exact) mass is 228 g/mol. The molecule has 0 heterocycles. The number of carboxylic acids is 1. The number of halogens is 6. The average molecular weight is 228 g/mol. The second-order valence-corrected chi connectivity index (χ2v) is 2.19. The van der Waals surface area contributed by atoms with Gasteiger partial charge < -0.3 is 5.11 Å². The molecule has 0 amide bonds. The molecule has 0 saturated heterocycles. The maximum absolute atomic E-state index is 11.9. The van der Waals surface area contributed by atoms with Crippen LogP contribution in [0.1, 0.15) is 0 Å². The zero-order chi connectivity index (χ0) is 10.9. The number of ether oxygens (including phenoxy) is 1. The summed E-state index contributed by atoms with van der Waals surface area (Å²) >= 11 is 4.29. The van der Waals surface area contributed by atoms with E-state index < -0.39 is 23.8 Å². The van der Waals surface area contributed by atoms with Gasteiger partial charge in [-0.15, -0.1) is 0 Å². The van der Waals surface area contributed by atoms with Gasteiger partial charge in [0.05, 0.1) is 0 Å². The first-order valence-electron chi connectivity index (χ1n) is 2.57. The molecule has 9 heteroatoms. The average Bonchev–Trinajstić information content (AvgIpc) is 1.83. The molecule has 0 aromatic carbocycles. The van der Waals surface area contributed by atoms with E-state index >= 15 is 0 Å². The first-order valence-corrected chi connectivity index (χ1v) is 3.01. The van der Waals surface area contributed by atoms with Crippen LogP contribution in [0.5, 0.6) is 0 Å². The Morgan fingerprint density at radius 3 is 1.92 bits per heavy atom. The Kier molecular flexibility index (Phi) is 3.45. The van der Waals surface area contributed by atoms with Crippen molar-refractivity contribution >= 4 is 17.6 Å². The standard InChI is InChI=1S/C4H2ClF5O3/c5-1(3(6,7)8)13-4(9,10)2(11)12/h1H,(H,11,12)/t1-/m0/s1. The molecule has 0 aromatic rings. The highest BCUT2D eigenvalue weighted by Crippen LogP contribution is 2.30. The molecule has 0 radical (unpaired) electrons. The minimum absolute atomic E-state index is 2.77. The summed E-state index contributed by atoms with van der Waals surface area (Å²) < 4.78 is 61.0. The molecular formula is C4H2ClF5O3. The molecule has 1 N–H and O–H groups in total. The summed E-state index contributed by atoms with van der Waals surface area (Å²) in [5, 5.41) is 7.65. The third-order valence-corrected chi connectivity index (χ3v) is 1.09. The van der Waals surface area contributed by atoms with Crippen molar-refractivity contribution in [3.63, 3.8) is 0 Å². The van der Waals surface area contributed by atoms with Crippen molar-refractivity contribution in [3.8, 4) is 0 Å². The summed E-state index contributed by atoms with van der Waals surface area (Å²) in [6.07, 6.45) is -10.2. The number of aliphatic carboxylic acids is 1. The van der Waals surface area contributed by atoms with Crippen molar-refractivity contribution in [3.05, 3.63) is 0 Å². The number of alkyl halides is 6. The lowest BCUT2D eigenvalue weighted by molar-refractivity contribution is -0.296. The van der Waals surface area contributed by atoms with Gasteiger partial charge in [-0.05, 0) is 0 Å². The number of carbonyl (C=O) groups is 1. The summed E-state index contributed by atoms with van der Waals surface area (Å²) in [4.78, 5) is 9.58. The lowest BCUT2D eigenvalue weighted by Gasteiger charge is -2.18. The summed E-state index contributed by atoms with van der Waals surface area (Å²) in [6.45, 7) is 0. The highest BCUT2D eigenvalue weighted by molar-refractivity contribution is 6.20. The van der Waals surface area contributed by atoms with Gasteiger partial charge in [0.25, 0.3) is 0 Å². The van der Waals surface area contributed by atoms with Crippen LogP contribution in [0.15, 0.2) is 0 Å². The predicted octanol–water partition coefficient (Wildman–Crippen LogP) is 1.81. The molecule has 0 rings (SSSR count). The highest BCUT2D eigenvalue weighted by Gasteiger charge is 2.50. The molecule has 3 nitrogen and oxygen atoms in total. The van der Waals surface area contributed by atoms with E-state index in [9.17, 15) is 26.7 Å². The molecule has 0 saturated carbocycles. The SMILES string of the molecule is O=C(O)C(F)(F)O[C@H](Cl)C(F)(F)F. The van der Waals surface area contributed by atoms with Crippen molar-refractivity contribution in [2.24, 2.45) is 0 Å². The van der Waals surface area contributed by atoms with Crippen LogP contribution in [-0.2, 0) is 9.53 Å². The van der Waals surface area contributed by atoms with Gasteiger partial charge in [0.1, 0.15) is 0 Å². The van der Waals surface area contributed by atoms with Crippen LogP contribution in [0.3, 0.4) is 0 Å². The van der Waals surface area contributed by atoms with Crippen molar-refractivity contribution < 1.29 is 36.6 Å². The summed E-state index contributed by atoms with van der Waals surface area (Å²) in [5.74, 6) is -2.84. The van der Waals surface area contributed by atoms with Crippen molar-refractivity contribution in [2.45, 2.75) is 17.8 Å². The Balaban J connectivity index is 4.37. The number of hydrogen-bond acceptors (Lipinski definition) is 2. The van der Waals surface area contributed by atoms with Gasteiger partial charge in [-0.3, -0.25) is 4.74 Å². The maximum Gasteiger partial charge on any atom is 0.457 e. The third-order valence-electron chi connectivity index (χ3n) is 0.758. The normalized spacial score (nSPS) is 15.5. The lowest BCUT2D eigenvalue weighted by atomic mass is 10.6. The van der Waals surface area contributed by atoms with Crippen molar-refractivity contribution in [1.82, 2.24) is 0 Å². The van der Waals surface area contributed by atoms with Crippen LogP contribution in [-0.4, -0.2) is 28.9 Å². The van der Waals surface area contributed by atoms with E-state index in [0.29, 0.717) is 0 Å². The fraction of sp³-hybridized carbons (Fsp3) is 0.750. The molecule has 1 atom stereocenters. The van der Waals surface area contributed by atoms with Gasteiger partial charge in [-0.2, -0.15) is 22.0 Å². The first-order chi connectivity index (χ1) is 5.57. The molecule has 0 aliphatic rings. The van der Waals surface area contributed by atoms with Crippen LogP contribution in [0.25, 0.3) is 0 Å². The van der Waals surface area contributed by atoms with Gasteiger partial charge in [0.15, 0.2) is 0 Å². The first kappa shape index (κ1) is 12.4. The quantitative estimate of drug-likeness (QED) is 0.592. The van der Waals surface area contributed by atoms with Gasteiger partial charge in [0.2, 0.25) is 5.56 Å². The van der Waals surface area contributed by atoms with Gasteiger partial charge in [-0.1, -0.05) is 11.6 Å². The second kappa shape index (κ2) is 3.62. The van der Waals surface area contributed by atoms with Crippen LogP contribution in [0.2, 0.25) is 0 Å². The Morgan fingerprint density at radius 1 is 1.31 bits per heavy atom. The Morgan fingerprint density at radius 2 is 1.69 bits per heavy atom. The highest BCUT2D eigenvalue weighted by atomic mass is 35.5. The van der Waals surface area contributed by atoms with Crippen LogP contribution >= 0.6 is 11.6 Å². The fourth-order valence-corrected chi connectivity index (χ4v) is 0.359. The zero-order valence-electron chi connectivity index (χ0n) is 5.61. The van der Waals surface area contributed by atoms with Gasteiger partial charge in [0, 0.05) is 0 Å². The van der Waals surface area contributed by atoms with Crippen LogP contribution in [0, 0.1) is 0 Å². The second-order valence-electron chi connectivity index (χ2n) is 1.80. The van der Waals surface area contributed by atoms with E-state index in [1.807, 2.05) is 0 Å². The molecule has 0 aromatic heterocycles. The van der Waals surface area contributed by atoms with E-state index in [1.165, 1.54) is 0 Å². The summed E-state index contributed by atoms with van der Waals surface area (Å²) in [7, 11) is 0. The van der Waals surface area contributed by atoms with Gasteiger partial charge >= 0.3 is 18.3 Å². The summed E-state index contributed by atoms with van der Waals surface area (Å²) in [6, 6.07) is 0. The smallest absolute Gasteiger partial charge is 0.457 e. The van der Waals surface area contributed by atoms with E-state index in [1.54, 1.807) is 0 Å². The number of hydrogen-bond donors (Lipinski definition) is 1. The molecule has 0 aliphatic heterocycles. The van der Waals surface area contributed by atoms with Crippen LogP contribution in [0.4, 0.5) is 22.0 Å². The Bertz CT molecular complexity index is 202. The lowest BCUT2D eigenvalue weighted by Crippen LogP contribution is -2.39. The molecule has 0 spiro atoms. The van der Waals surface area contributed by atoms with Crippen molar-refractivity contribution in [1.29, 1.82) is 0 Å². The van der Waals surface area contributed by atoms with E-state index in [0.717, 1.165) is 0 Å².